The van der Waals surface area contributed by atoms with E-state index < -0.39 is 0 Å². The zero-order chi connectivity index (χ0) is 19.0. The SMILES string of the molecule is COc1ccc2cc(CC(N)CN3C(=O)c4ccccc4C3=O)ccc2n1. The predicted molar refractivity (Wildman–Crippen MR) is 102 cm³/mol. The quantitative estimate of drug-likeness (QED) is 0.706. The van der Waals surface area contributed by atoms with Crippen molar-refractivity contribution in [3.8, 4) is 5.88 Å². The van der Waals surface area contributed by atoms with E-state index in [2.05, 4.69) is 4.98 Å². The van der Waals surface area contributed by atoms with E-state index in [0.717, 1.165) is 16.5 Å². The van der Waals surface area contributed by atoms with Crippen molar-refractivity contribution in [1.29, 1.82) is 0 Å². The molecule has 0 saturated heterocycles. The summed E-state index contributed by atoms with van der Waals surface area (Å²) in [6.07, 6.45) is 0.551. The van der Waals surface area contributed by atoms with Crippen molar-refractivity contribution in [2.75, 3.05) is 13.7 Å². The van der Waals surface area contributed by atoms with E-state index in [9.17, 15) is 9.59 Å². The van der Waals surface area contributed by atoms with Crippen LogP contribution in [0.1, 0.15) is 26.3 Å². The van der Waals surface area contributed by atoms with Crippen LogP contribution in [0.15, 0.2) is 54.6 Å². The molecule has 0 fully saturated rings. The Kier molecular flexibility index (Phi) is 4.33. The summed E-state index contributed by atoms with van der Waals surface area (Å²) >= 11 is 0. The van der Waals surface area contributed by atoms with Gasteiger partial charge in [0.05, 0.1) is 23.8 Å². The van der Waals surface area contributed by atoms with E-state index in [-0.39, 0.29) is 24.4 Å². The maximum Gasteiger partial charge on any atom is 0.261 e. The van der Waals surface area contributed by atoms with Crippen molar-refractivity contribution in [2.45, 2.75) is 12.5 Å². The van der Waals surface area contributed by atoms with Crippen LogP contribution in [0.4, 0.5) is 0 Å². The molecule has 6 heteroatoms. The summed E-state index contributed by atoms with van der Waals surface area (Å²) in [5.41, 5.74) is 9.01. The highest BCUT2D eigenvalue weighted by atomic mass is 16.5. The van der Waals surface area contributed by atoms with Gasteiger partial charge in [-0.3, -0.25) is 14.5 Å². The molecule has 1 aromatic heterocycles. The number of nitrogens with zero attached hydrogens (tertiary/aromatic N) is 2. The van der Waals surface area contributed by atoms with Gasteiger partial charge in [-0.2, -0.15) is 0 Å². The van der Waals surface area contributed by atoms with Crippen molar-refractivity contribution in [2.24, 2.45) is 5.73 Å². The summed E-state index contributed by atoms with van der Waals surface area (Å²) in [4.78, 5) is 30.5. The lowest BCUT2D eigenvalue weighted by Gasteiger charge is -2.19. The molecule has 1 aliphatic heterocycles. The molecule has 3 aromatic rings. The van der Waals surface area contributed by atoms with Crippen LogP contribution in [0, 0.1) is 0 Å². The smallest absolute Gasteiger partial charge is 0.261 e. The van der Waals surface area contributed by atoms with Crippen LogP contribution in [0.5, 0.6) is 5.88 Å². The average molecular weight is 361 g/mol. The van der Waals surface area contributed by atoms with Crippen LogP contribution in [0.25, 0.3) is 10.9 Å². The number of amides is 2. The second-order valence-electron chi connectivity index (χ2n) is 6.61. The maximum absolute atomic E-state index is 12.5. The van der Waals surface area contributed by atoms with E-state index in [1.807, 2.05) is 30.3 Å². The standard InChI is InChI=1S/C21H19N3O3/c1-27-19-9-7-14-10-13(6-8-18(14)23-19)11-15(22)12-24-20(25)16-4-2-3-5-17(16)21(24)26/h2-10,15H,11-12,22H2,1H3. The van der Waals surface area contributed by atoms with E-state index in [1.165, 1.54) is 4.90 Å². The van der Waals surface area contributed by atoms with E-state index in [1.54, 1.807) is 31.4 Å². The third-order valence-corrected chi connectivity index (χ3v) is 4.73. The molecule has 27 heavy (non-hydrogen) atoms. The predicted octanol–water partition coefficient (Wildman–Crippen LogP) is 2.41. The number of pyridine rings is 1. The van der Waals surface area contributed by atoms with Gasteiger partial charge in [0.2, 0.25) is 5.88 Å². The number of imide groups is 1. The third kappa shape index (κ3) is 3.15. The molecule has 1 unspecified atom stereocenters. The second-order valence-corrected chi connectivity index (χ2v) is 6.61. The molecule has 136 valence electrons. The molecule has 2 amide bonds. The Morgan fingerprint density at radius 2 is 1.74 bits per heavy atom. The minimum atomic E-state index is -0.351. The Balaban J connectivity index is 1.48. The number of aromatic nitrogens is 1. The monoisotopic (exact) mass is 361 g/mol. The molecular formula is C21H19N3O3. The number of benzene rings is 2. The van der Waals surface area contributed by atoms with Gasteiger partial charge in [0.15, 0.2) is 0 Å². The molecule has 2 heterocycles. The molecule has 0 radical (unpaired) electrons. The molecule has 2 N–H and O–H groups in total. The Hall–Kier alpha value is -3.25. The number of carbonyl (C=O) groups is 2. The largest absolute Gasteiger partial charge is 0.481 e. The second kappa shape index (κ2) is 6.81. The number of methoxy groups -OCH3 is 1. The van der Waals surface area contributed by atoms with Crippen LogP contribution in [0.2, 0.25) is 0 Å². The molecule has 0 aliphatic carbocycles. The molecule has 1 aliphatic rings. The molecule has 0 saturated carbocycles. The molecule has 2 aromatic carbocycles. The number of ether oxygens (including phenoxy) is 1. The highest BCUT2D eigenvalue weighted by molar-refractivity contribution is 6.21. The molecular weight excluding hydrogens is 342 g/mol. The summed E-state index contributed by atoms with van der Waals surface area (Å²) < 4.78 is 5.14. The van der Waals surface area contributed by atoms with Crippen molar-refractivity contribution >= 4 is 22.7 Å². The number of hydrogen-bond acceptors (Lipinski definition) is 5. The lowest BCUT2D eigenvalue weighted by atomic mass is 10.0. The minimum absolute atomic E-state index is 0.186. The van der Waals surface area contributed by atoms with Crippen molar-refractivity contribution < 1.29 is 14.3 Å². The van der Waals surface area contributed by atoms with Crippen LogP contribution < -0.4 is 10.5 Å². The molecule has 1 atom stereocenters. The van der Waals surface area contributed by atoms with Gasteiger partial charge in [-0.15, -0.1) is 0 Å². The summed E-state index contributed by atoms with van der Waals surface area (Å²) in [6.45, 7) is 0.186. The van der Waals surface area contributed by atoms with Gasteiger partial charge in [0, 0.05) is 24.0 Å². The lowest BCUT2D eigenvalue weighted by Crippen LogP contribution is -2.41. The summed E-state index contributed by atoms with van der Waals surface area (Å²) in [7, 11) is 1.58. The van der Waals surface area contributed by atoms with Crippen molar-refractivity contribution in [3.63, 3.8) is 0 Å². The van der Waals surface area contributed by atoms with Gasteiger partial charge in [-0.05, 0) is 42.3 Å². The zero-order valence-electron chi connectivity index (χ0n) is 14.9. The minimum Gasteiger partial charge on any atom is -0.481 e. The van der Waals surface area contributed by atoms with Gasteiger partial charge in [-0.1, -0.05) is 18.2 Å². The first-order valence-corrected chi connectivity index (χ1v) is 8.71. The number of hydrogen-bond donors (Lipinski definition) is 1. The fraction of sp³-hybridized carbons (Fsp3) is 0.190. The lowest BCUT2D eigenvalue weighted by molar-refractivity contribution is 0.0644. The molecule has 6 nitrogen and oxygen atoms in total. The van der Waals surface area contributed by atoms with Gasteiger partial charge < -0.3 is 10.5 Å². The zero-order valence-corrected chi connectivity index (χ0v) is 14.9. The first-order valence-electron chi connectivity index (χ1n) is 8.71. The summed E-state index contributed by atoms with van der Waals surface area (Å²) in [6, 6.07) is 16.2. The maximum atomic E-state index is 12.5. The fourth-order valence-electron chi connectivity index (χ4n) is 3.40. The Morgan fingerprint density at radius 3 is 2.41 bits per heavy atom. The van der Waals surface area contributed by atoms with Crippen LogP contribution in [-0.2, 0) is 6.42 Å². The average Bonchev–Trinajstić information content (AvgIpc) is 2.92. The highest BCUT2D eigenvalue weighted by Gasteiger charge is 2.35. The van der Waals surface area contributed by atoms with E-state index >= 15 is 0 Å². The molecule has 4 rings (SSSR count). The molecule has 0 spiro atoms. The van der Waals surface area contributed by atoms with Gasteiger partial charge in [0.1, 0.15) is 0 Å². The van der Waals surface area contributed by atoms with Crippen molar-refractivity contribution in [3.05, 3.63) is 71.3 Å². The number of nitrogens with two attached hydrogens (primary N) is 1. The number of fused-ring (bicyclic) bond motifs is 2. The Bertz CT molecular complexity index is 1010. The Morgan fingerprint density at radius 1 is 1.04 bits per heavy atom. The third-order valence-electron chi connectivity index (χ3n) is 4.73. The topological polar surface area (TPSA) is 85.5 Å². The van der Waals surface area contributed by atoms with E-state index in [0.29, 0.717) is 23.4 Å². The van der Waals surface area contributed by atoms with Gasteiger partial charge >= 0.3 is 0 Å². The fourth-order valence-corrected chi connectivity index (χ4v) is 3.40. The normalized spacial score (nSPS) is 14.5. The van der Waals surface area contributed by atoms with E-state index in [4.69, 9.17) is 10.5 Å². The van der Waals surface area contributed by atoms with Gasteiger partial charge in [0.25, 0.3) is 11.8 Å². The molecule has 0 bridgehead atoms. The number of rotatable bonds is 5. The van der Waals surface area contributed by atoms with Crippen LogP contribution >= 0.6 is 0 Å². The van der Waals surface area contributed by atoms with Crippen LogP contribution in [0.3, 0.4) is 0 Å². The highest BCUT2D eigenvalue weighted by Crippen LogP contribution is 2.23. The Labute approximate surface area is 156 Å². The van der Waals surface area contributed by atoms with Crippen LogP contribution in [-0.4, -0.2) is 41.4 Å². The van der Waals surface area contributed by atoms with Crippen molar-refractivity contribution in [1.82, 2.24) is 9.88 Å². The first kappa shape index (κ1) is 17.2. The van der Waals surface area contributed by atoms with Gasteiger partial charge in [-0.25, -0.2) is 4.98 Å². The first-order chi connectivity index (χ1) is 13.1. The number of carbonyl (C=O) groups excluding carboxylic acids is 2. The summed E-state index contributed by atoms with van der Waals surface area (Å²) in [5.74, 6) is 0.0132. The summed E-state index contributed by atoms with van der Waals surface area (Å²) in [5, 5.41) is 0.987.